The van der Waals surface area contributed by atoms with Crippen molar-refractivity contribution in [3.05, 3.63) is 0 Å². The predicted octanol–water partition coefficient (Wildman–Crippen LogP) is -1.72. The van der Waals surface area contributed by atoms with Crippen LogP contribution in [0.25, 0.3) is 0 Å². The molecule has 1 aliphatic heterocycles. The van der Waals surface area contributed by atoms with Gasteiger partial charge in [-0.1, -0.05) is 0 Å². The summed E-state index contributed by atoms with van der Waals surface area (Å²) in [6, 6.07) is 0. The lowest BCUT2D eigenvalue weighted by atomic mass is 9.91. The van der Waals surface area contributed by atoms with Crippen molar-refractivity contribution in [3.63, 3.8) is 0 Å². The molecule has 1 saturated heterocycles. The quantitative estimate of drug-likeness (QED) is 0.300. The lowest BCUT2D eigenvalue weighted by Crippen LogP contribution is -2.43. The number of Topliss-reactive ketones (excluding diaryl/α,β-unsaturated/α-hetero) is 2. The molecule has 0 aromatic heterocycles. The van der Waals surface area contributed by atoms with E-state index in [-0.39, 0.29) is 18.6 Å². The Kier molecular flexibility index (Phi) is 3.97. The van der Waals surface area contributed by atoms with E-state index in [0.717, 1.165) is 0 Å². The molecule has 0 amide bonds. The van der Waals surface area contributed by atoms with E-state index in [1.165, 1.54) is 6.92 Å². The van der Waals surface area contributed by atoms with Crippen LogP contribution in [-0.4, -0.2) is 50.9 Å². The third kappa shape index (κ3) is 2.87. The molecule has 0 spiro atoms. The van der Waals surface area contributed by atoms with Gasteiger partial charge in [0.1, 0.15) is 5.78 Å². The molecule has 2 unspecified atom stereocenters. The minimum Gasteiger partial charge on any atom is -0.452 e. The van der Waals surface area contributed by atoms with Gasteiger partial charge in [-0.3, -0.25) is 4.79 Å². The summed E-state index contributed by atoms with van der Waals surface area (Å²) < 4.78 is 4.56. The second kappa shape index (κ2) is 4.91. The fourth-order valence-corrected chi connectivity index (χ4v) is 1.58. The van der Waals surface area contributed by atoms with Gasteiger partial charge in [0.15, 0.2) is 12.4 Å². The lowest BCUT2D eigenvalue weighted by molar-refractivity contribution is -0.157. The Hall–Kier alpha value is -1.31. The minimum absolute atomic E-state index is 0.133. The van der Waals surface area contributed by atoms with Crippen molar-refractivity contribution in [2.24, 2.45) is 0 Å². The molecule has 0 saturated carbocycles. The van der Waals surface area contributed by atoms with E-state index in [4.69, 9.17) is 10.2 Å². The van der Waals surface area contributed by atoms with Gasteiger partial charge in [0, 0.05) is 19.3 Å². The molecule has 0 bridgehead atoms. The first-order valence-corrected chi connectivity index (χ1v) is 5.10. The third-order valence-corrected chi connectivity index (χ3v) is 2.55. The van der Waals surface area contributed by atoms with Crippen molar-refractivity contribution in [2.45, 2.75) is 44.2 Å². The summed E-state index contributed by atoms with van der Waals surface area (Å²) >= 11 is 0. The summed E-state index contributed by atoms with van der Waals surface area (Å²) in [6.07, 6.45) is -4.16. The zero-order valence-corrected chi connectivity index (χ0v) is 9.25. The number of hydrogen-bond donors (Lipinski definition) is 3. The molecule has 7 heteroatoms. The first-order chi connectivity index (χ1) is 7.77. The smallest absolute Gasteiger partial charge is 0.346 e. The van der Waals surface area contributed by atoms with Crippen molar-refractivity contribution < 1.29 is 34.4 Å². The molecule has 1 rings (SSSR count). The maximum atomic E-state index is 11.7. The first kappa shape index (κ1) is 13.8. The molecule has 0 radical (unpaired) electrons. The van der Waals surface area contributed by atoms with E-state index in [1.807, 2.05) is 0 Å². The minimum atomic E-state index is -2.34. The highest BCUT2D eigenvalue weighted by Crippen LogP contribution is 2.28. The Morgan fingerprint density at radius 3 is 2.53 bits per heavy atom. The van der Waals surface area contributed by atoms with E-state index >= 15 is 0 Å². The normalized spacial score (nSPS) is 28.6. The Morgan fingerprint density at radius 1 is 1.47 bits per heavy atom. The number of aliphatic hydroxyl groups is 3. The van der Waals surface area contributed by atoms with E-state index in [1.54, 1.807) is 0 Å². The van der Waals surface area contributed by atoms with Crippen molar-refractivity contribution in [3.8, 4) is 0 Å². The van der Waals surface area contributed by atoms with E-state index in [9.17, 15) is 19.5 Å². The van der Waals surface area contributed by atoms with Gasteiger partial charge in [-0.25, -0.2) is 4.79 Å². The molecule has 0 aromatic rings. The number of cyclic esters (lactones) is 1. The Balaban J connectivity index is 2.76. The van der Waals surface area contributed by atoms with E-state index in [0.29, 0.717) is 0 Å². The number of aliphatic hydroxyl groups excluding tert-OH is 1. The third-order valence-electron chi connectivity index (χ3n) is 2.55. The number of ketones is 2. The van der Waals surface area contributed by atoms with E-state index < -0.39 is 36.2 Å². The van der Waals surface area contributed by atoms with Crippen LogP contribution < -0.4 is 0 Å². The van der Waals surface area contributed by atoms with E-state index in [2.05, 4.69) is 4.74 Å². The molecule has 1 aliphatic rings. The number of hydrogen-bond acceptors (Lipinski definition) is 7. The molecule has 17 heavy (non-hydrogen) atoms. The van der Waals surface area contributed by atoms with Crippen LogP contribution in [-0.2, 0) is 19.1 Å². The molecular weight excluding hydrogens is 232 g/mol. The van der Waals surface area contributed by atoms with Crippen molar-refractivity contribution in [1.29, 1.82) is 0 Å². The summed E-state index contributed by atoms with van der Waals surface area (Å²) in [4.78, 5) is 33.8. The Labute approximate surface area is 97.0 Å². The average Bonchev–Trinajstić information content (AvgIpc) is 2.40. The summed E-state index contributed by atoms with van der Waals surface area (Å²) in [5, 5.41) is 27.2. The molecule has 96 valence electrons. The van der Waals surface area contributed by atoms with Gasteiger partial charge >= 0.3 is 5.97 Å². The van der Waals surface area contributed by atoms with Crippen LogP contribution in [0.2, 0.25) is 0 Å². The maximum absolute atomic E-state index is 11.7. The number of carbonyl (C=O) groups is 3. The van der Waals surface area contributed by atoms with Gasteiger partial charge in [0.2, 0.25) is 11.4 Å². The van der Waals surface area contributed by atoms with Crippen LogP contribution in [0.15, 0.2) is 0 Å². The summed E-state index contributed by atoms with van der Waals surface area (Å²) in [7, 11) is 0. The Morgan fingerprint density at radius 2 is 2.06 bits per heavy atom. The van der Waals surface area contributed by atoms with Gasteiger partial charge in [0.25, 0.3) is 0 Å². The monoisotopic (exact) mass is 246 g/mol. The van der Waals surface area contributed by atoms with Crippen LogP contribution >= 0.6 is 0 Å². The highest BCUT2D eigenvalue weighted by molar-refractivity contribution is 6.13. The topological polar surface area (TPSA) is 121 Å². The molecule has 3 N–H and O–H groups in total. The SMILES string of the molecule is CC(=O)CCC1(O)C(=O)OC(CC(O)O)C1=O. The second-order valence-corrected chi connectivity index (χ2v) is 4.04. The molecular formula is C10H14O7. The highest BCUT2D eigenvalue weighted by atomic mass is 16.6. The highest BCUT2D eigenvalue weighted by Gasteiger charge is 2.56. The van der Waals surface area contributed by atoms with Crippen molar-refractivity contribution in [2.75, 3.05) is 0 Å². The number of rotatable bonds is 5. The Bertz CT molecular complexity index is 349. The molecule has 0 aliphatic carbocycles. The number of ether oxygens (including phenoxy) is 1. The molecule has 1 heterocycles. The van der Waals surface area contributed by atoms with Gasteiger partial charge in [-0.15, -0.1) is 0 Å². The van der Waals surface area contributed by atoms with Gasteiger partial charge in [-0.05, 0) is 6.92 Å². The zero-order chi connectivity index (χ0) is 13.2. The molecule has 2 atom stereocenters. The summed E-state index contributed by atoms with van der Waals surface area (Å²) in [5.41, 5.74) is -2.34. The van der Waals surface area contributed by atoms with Gasteiger partial charge < -0.3 is 24.9 Å². The van der Waals surface area contributed by atoms with Crippen LogP contribution in [0.4, 0.5) is 0 Å². The van der Waals surface area contributed by atoms with Crippen LogP contribution in [0.5, 0.6) is 0 Å². The average molecular weight is 246 g/mol. The zero-order valence-electron chi connectivity index (χ0n) is 9.25. The van der Waals surface area contributed by atoms with Gasteiger partial charge in [-0.2, -0.15) is 0 Å². The predicted molar refractivity (Wildman–Crippen MR) is 52.6 cm³/mol. The van der Waals surface area contributed by atoms with Crippen LogP contribution in [0.1, 0.15) is 26.2 Å². The maximum Gasteiger partial charge on any atom is 0.346 e. The second-order valence-electron chi connectivity index (χ2n) is 4.04. The molecule has 0 aromatic carbocycles. The summed E-state index contributed by atoms with van der Waals surface area (Å²) in [6.45, 7) is 1.27. The largest absolute Gasteiger partial charge is 0.452 e. The number of carbonyl (C=O) groups excluding carboxylic acids is 3. The van der Waals surface area contributed by atoms with Crippen LogP contribution in [0, 0.1) is 0 Å². The fraction of sp³-hybridized carbons (Fsp3) is 0.700. The summed E-state index contributed by atoms with van der Waals surface area (Å²) in [5.74, 6) is -2.35. The fourth-order valence-electron chi connectivity index (χ4n) is 1.58. The molecule has 7 nitrogen and oxygen atoms in total. The standard InChI is InChI=1S/C10H14O7/c1-5(11)2-3-10(16)8(14)6(4-7(12)13)17-9(10)15/h6-7,12-13,16H,2-4H2,1H3. The van der Waals surface area contributed by atoms with Crippen molar-refractivity contribution in [1.82, 2.24) is 0 Å². The van der Waals surface area contributed by atoms with Crippen LogP contribution in [0.3, 0.4) is 0 Å². The lowest BCUT2D eigenvalue weighted by Gasteiger charge is -2.15. The molecule has 1 fully saturated rings. The van der Waals surface area contributed by atoms with Gasteiger partial charge in [0.05, 0.1) is 0 Å². The first-order valence-electron chi connectivity index (χ1n) is 5.10. The van der Waals surface area contributed by atoms with Crippen molar-refractivity contribution >= 4 is 17.5 Å². The number of esters is 1.